The van der Waals surface area contributed by atoms with Gasteiger partial charge in [-0.1, -0.05) is 49.8 Å². The summed E-state index contributed by atoms with van der Waals surface area (Å²) in [4.78, 5) is 12.5. The first kappa shape index (κ1) is 19.0. The summed E-state index contributed by atoms with van der Waals surface area (Å²) in [5.41, 5.74) is 6.85. The summed E-state index contributed by atoms with van der Waals surface area (Å²) in [7, 11) is 1.67. The van der Waals surface area contributed by atoms with Crippen LogP contribution in [0.2, 0.25) is 0 Å². The molecule has 2 rings (SSSR count). The number of hydrogen-bond donors (Lipinski definition) is 0. The molecule has 2 aromatic carbocycles. The molecule has 0 N–H and O–H groups in total. The van der Waals surface area contributed by atoms with Gasteiger partial charge in [0.05, 0.1) is 7.11 Å². The summed E-state index contributed by atoms with van der Waals surface area (Å²) < 4.78 is 5.41. The Bertz CT molecular complexity index is 798. The van der Waals surface area contributed by atoms with E-state index < -0.39 is 0 Å². The highest BCUT2D eigenvalue weighted by atomic mass is 16.5. The van der Waals surface area contributed by atoms with Crippen LogP contribution in [-0.4, -0.2) is 12.9 Å². The second-order valence-electron chi connectivity index (χ2n) is 7.00. The molecule has 0 aliphatic rings. The molecule has 0 atom stereocenters. The Labute approximate surface area is 151 Å². The minimum atomic E-state index is 0.115. The molecule has 0 amide bonds. The largest absolute Gasteiger partial charge is 0.496 e. The molecule has 0 saturated heterocycles. The van der Waals surface area contributed by atoms with Gasteiger partial charge >= 0.3 is 0 Å². The lowest BCUT2D eigenvalue weighted by molar-refractivity contribution is -0.113. The summed E-state index contributed by atoms with van der Waals surface area (Å²) in [5.74, 6) is 1.38. The average molecular weight is 336 g/mol. The first-order chi connectivity index (χ1) is 11.8. The number of ketones is 1. The summed E-state index contributed by atoms with van der Waals surface area (Å²) in [6, 6.07) is 10.4. The van der Waals surface area contributed by atoms with E-state index in [4.69, 9.17) is 4.74 Å². The number of allylic oxidation sites excluding steroid dienone is 1. The highest BCUT2D eigenvalue weighted by Crippen LogP contribution is 2.24. The molecule has 0 aromatic heterocycles. The number of aryl methyl sites for hydroxylation is 2. The van der Waals surface area contributed by atoms with E-state index in [0.717, 1.165) is 28.0 Å². The molecule has 0 fully saturated rings. The molecule has 132 valence electrons. The maximum absolute atomic E-state index is 12.5. The predicted octanol–water partition coefficient (Wildman–Crippen LogP) is 5.57. The quantitative estimate of drug-likeness (QED) is 0.645. The fraction of sp³-hybridized carbons (Fsp3) is 0.348. The standard InChI is InChI=1S/C23H28O2/c1-15(2)22-10-7-16(3)11-20(22)14-21(24)9-8-19-12-17(4)18(5)23(13-19)25-6/h7-13,15H,14H2,1-6H3/b9-8+. The Morgan fingerprint density at radius 2 is 1.84 bits per heavy atom. The van der Waals surface area contributed by atoms with Gasteiger partial charge in [0, 0.05) is 6.42 Å². The molecule has 0 radical (unpaired) electrons. The predicted molar refractivity (Wildman–Crippen MR) is 105 cm³/mol. The van der Waals surface area contributed by atoms with Crippen LogP contribution in [0.1, 0.15) is 53.1 Å². The van der Waals surface area contributed by atoms with Gasteiger partial charge < -0.3 is 4.74 Å². The van der Waals surface area contributed by atoms with Crippen LogP contribution >= 0.6 is 0 Å². The Morgan fingerprint density at radius 3 is 2.48 bits per heavy atom. The molecule has 25 heavy (non-hydrogen) atoms. The lowest BCUT2D eigenvalue weighted by Crippen LogP contribution is -2.04. The van der Waals surface area contributed by atoms with Crippen molar-refractivity contribution in [3.63, 3.8) is 0 Å². The molecule has 0 spiro atoms. The van der Waals surface area contributed by atoms with Crippen molar-refractivity contribution < 1.29 is 9.53 Å². The van der Waals surface area contributed by atoms with Crippen molar-refractivity contribution in [2.75, 3.05) is 7.11 Å². The van der Waals surface area contributed by atoms with E-state index in [1.165, 1.54) is 11.1 Å². The smallest absolute Gasteiger partial charge is 0.160 e. The molecule has 2 nitrogen and oxygen atoms in total. The van der Waals surface area contributed by atoms with E-state index in [1.807, 2.05) is 19.1 Å². The number of rotatable bonds is 6. The normalized spacial score (nSPS) is 11.3. The Balaban J connectivity index is 2.20. The molecule has 0 saturated carbocycles. The molecule has 0 aliphatic heterocycles. The van der Waals surface area contributed by atoms with Gasteiger partial charge in [-0.3, -0.25) is 4.79 Å². The second-order valence-corrected chi connectivity index (χ2v) is 7.00. The van der Waals surface area contributed by atoms with E-state index in [0.29, 0.717) is 12.3 Å². The molecule has 0 aliphatic carbocycles. The molecule has 2 aromatic rings. The number of ether oxygens (including phenoxy) is 1. The van der Waals surface area contributed by atoms with E-state index >= 15 is 0 Å². The first-order valence-corrected chi connectivity index (χ1v) is 8.77. The topological polar surface area (TPSA) is 26.3 Å². The van der Waals surface area contributed by atoms with Gasteiger partial charge in [-0.05, 0) is 66.6 Å². The van der Waals surface area contributed by atoms with Crippen molar-refractivity contribution in [1.29, 1.82) is 0 Å². The minimum Gasteiger partial charge on any atom is -0.496 e. The van der Waals surface area contributed by atoms with E-state index in [2.05, 4.69) is 52.0 Å². The van der Waals surface area contributed by atoms with Gasteiger partial charge in [0.15, 0.2) is 5.78 Å². The third kappa shape index (κ3) is 4.82. The van der Waals surface area contributed by atoms with Crippen LogP contribution in [0.15, 0.2) is 36.4 Å². The molecular formula is C23H28O2. The van der Waals surface area contributed by atoms with Crippen molar-refractivity contribution in [2.24, 2.45) is 0 Å². The average Bonchev–Trinajstić information content (AvgIpc) is 2.55. The Morgan fingerprint density at radius 1 is 1.12 bits per heavy atom. The van der Waals surface area contributed by atoms with Gasteiger partial charge in [-0.25, -0.2) is 0 Å². The fourth-order valence-electron chi connectivity index (χ4n) is 3.05. The number of benzene rings is 2. The van der Waals surface area contributed by atoms with Crippen LogP contribution < -0.4 is 4.74 Å². The molecule has 0 bridgehead atoms. The number of hydrogen-bond acceptors (Lipinski definition) is 2. The third-order valence-electron chi connectivity index (χ3n) is 4.61. The zero-order chi connectivity index (χ0) is 18.6. The number of carbonyl (C=O) groups excluding carboxylic acids is 1. The van der Waals surface area contributed by atoms with E-state index in [1.54, 1.807) is 13.2 Å². The number of carbonyl (C=O) groups is 1. The molecular weight excluding hydrogens is 308 g/mol. The zero-order valence-electron chi connectivity index (χ0n) is 16.1. The fourth-order valence-corrected chi connectivity index (χ4v) is 3.05. The van der Waals surface area contributed by atoms with Gasteiger partial charge in [0.1, 0.15) is 5.75 Å². The summed E-state index contributed by atoms with van der Waals surface area (Å²) in [6.45, 7) is 10.5. The molecule has 2 heteroatoms. The lowest BCUT2D eigenvalue weighted by Gasteiger charge is -2.12. The van der Waals surface area contributed by atoms with Crippen LogP contribution in [-0.2, 0) is 11.2 Å². The van der Waals surface area contributed by atoms with Crippen LogP contribution in [0.3, 0.4) is 0 Å². The van der Waals surface area contributed by atoms with Crippen molar-refractivity contribution in [3.8, 4) is 5.75 Å². The first-order valence-electron chi connectivity index (χ1n) is 8.77. The third-order valence-corrected chi connectivity index (χ3v) is 4.61. The van der Waals surface area contributed by atoms with Gasteiger partial charge in [0.2, 0.25) is 0 Å². The molecule has 0 heterocycles. The minimum absolute atomic E-state index is 0.115. The maximum atomic E-state index is 12.5. The van der Waals surface area contributed by atoms with Crippen LogP contribution in [0, 0.1) is 20.8 Å². The molecule has 0 unspecified atom stereocenters. The lowest BCUT2D eigenvalue weighted by atomic mass is 9.92. The van der Waals surface area contributed by atoms with Crippen molar-refractivity contribution in [3.05, 3.63) is 69.8 Å². The van der Waals surface area contributed by atoms with Crippen LogP contribution in [0.4, 0.5) is 0 Å². The summed E-state index contributed by atoms with van der Waals surface area (Å²) in [6.07, 6.45) is 3.99. The maximum Gasteiger partial charge on any atom is 0.160 e. The van der Waals surface area contributed by atoms with Gasteiger partial charge in [-0.2, -0.15) is 0 Å². The highest BCUT2D eigenvalue weighted by Gasteiger charge is 2.10. The van der Waals surface area contributed by atoms with Crippen LogP contribution in [0.5, 0.6) is 5.75 Å². The van der Waals surface area contributed by atoms with Gasteiger partial charge in [-0.15, -0.1) is 0 Å². The second kappa shape index (κ2) is 8.15. The Kier molecular flexibility index (Phi) is 6.19. The van der Waals surface area contributed by atoms with Gasteiger partial charge in [0.25, 0.3) is 0 Å². The highest BCUT2D eigenvalue weighted by molar-refractivity contribution is 5.95. The van der Waals surface area contributed by atoms with E-state index in [-0.39, 0.29) is 5.78 Å². The van der Waals surface area contributed by atoms with Crippen molar-refractivity contribution >= 4 is 11.9 Å². The SMILES string of the molecule is COc1cc(/C=C/C(=O)Cc2cc(C)ccc2C(C)C)cc(C)c1C. The van der Waals surface area contributed by atoms with Crippen molar-refractivity contribution in [1.82, 2.24) is 0 Å². The van der Waals surface area contributed by atoms with E-state index in [9.17, 15) is 4.79 Å². The van der Waals surface area contributed by atoms with Crippen LogP contribution in [0.25, 0.3) is 6.08 Å². The number of methoxy groups -OCH3 is 1. The monoisotopic (exact) mass is 336 g/mol. The van der Waals surface area contributed by atoms with Crippen molar-refractivity contribution in [2.45, 2.75) is 47.0 Å². The summed E-state index contributed by atoms with van der Waals surface area (Å²) in [5, 5.41) is 0. The zero-order valence-corrected chi connectivity index (χ0v) is 16.1. The Hall–Kier alpha value is -2.35. The summed E-state index contributed by atoms with van der Waals surface area (Å²) >= 11 is 0.